The van der Waals surface area contributed by atoms with E-state index in [2.05, 4.69) is 0 Å². The molecule has 1 rings (SSSR count). The van der Waals surface area contributed by atoms with Gasteiger partial charge in [-0.2, -0.15) is 0 Å². The summed E-state index contributed by atoms with van der Waals surface area (Å²) in [5, 5.41) is 0. The van der Waals surface area contributed by atoms with E-state index < -0.39 is 9.84 Å². The molecule has 0 aromatic heterocycles. The Morgan fingerprint density at radius 1 is 1.58 bits per heavy atom. The topological polar surface area (TPSA) is 46.6 Å². The van der Waals surface area contributed by atoms with Crippen molar-refractivity contribution in [1.82, 2.24) is 4.90 Å². The average Bonchev–Trinajstić information content (AvgIpc) is 2.31. The third kappa shape index (κ3) is 2.43. The summed E-state index contributed by atoms with van der Waals surface area (Å²) in [6, 6.07) is 0.148. The summed E-state index contributed by atoms with van der Waals surface area (Å²) in [5.41, 5.74) is 0. The monoisotopic (exact) mass is 193 g/mol. The van der Waals surface area contributed by atoms with E-state index in [1.54, 1.807) is 7.11 Å². The van der Waals surface area contributed by atoms with Crippen LogP contribution in [0.15, 0.2) is 0 Å². The van der Waals surface area contributed by atoms with Crippen LogP contribution in [0.5, 0.6) is 0 Å². The molecule has 0 aromatic rings. The number of methoxy groups -OCH3 is 1. The normalized spacial score (nSPS) is 28.1. The molecule has 1 aliphatic heterocycles. The smallest absolute Gasteiger partial charge is 0.151 e. The van der Waals surface area contributed by atoms with Crippen LogP contribution in [0.2, 0.25) is 0 Å². The zero-order valence-corrected chi connectivity index (χ0v) is 8.30. The molecule has 0 radical (unpaired) electrons. The van der Waals surface area contributed by atoms with Crippen molar-refractivity contribution >= 4 is 9.84 Å². The molecule has 1 saturated heterocycles. The second-order valence-corrected chi connectivity index (χ2v) is 5.46. The summed E-state index contributed by atoms with van der Waals surface area (Å²) in [6.45, 7) is 0.500. The Balaban J connectivity index is 2.46. The first kappa shape index (κ1) is 9.95. The van der Waals surface area contributed by atoms with Gasteiger partial charge in [0, 0.05) is 13.2 Å². The molecule has 5 heteroatoms. The van der Waals surface area contributed by atoms with Gasteiger partial charge in [0.05, 0.1) is 18.2 Å². The minimum Gasteiger partial charge on any atom is -0.369 e. The highest BCUT2D eigenvalue weighted by atomic mass is 32.2. The molecular weight excluding hydrogens is 178 g/mol. The summed E-state index contributed by atoms with van der Waals surface area (Å²) < 4.78 is 27.1. The highest BCUT2D eigenvalue weighted by Gasteiger charge is 2.30. The van der Waals surface area contributed by atoms with Crippen LogP contribution in [0.25, 0.3) is 0 Å². The highest BCUT2D eigenvalue weighted by molar-refractivity contribution is 7.91. The predicted octanol–water partition coefficient (Wildman–Crippen LogP) is -0.291. The Labute approximate surface area is 73.4 Å². The van der Waals surface area contributed by atoms with E-state index in [1.165, 1.54) is 0 Å². The van der Waals surface area contributed by atoms with Crippen LogP contribution in [0, 0.1) is 0 Å². The van der Waals surface area contributed by atoms with Crippen molar-refractivity contribution in [1.29, 1.82) is 0 Å². The summed E-state index contributed by atoms with van der Waals surface area (Å²) in [4.78, 5) is 1.94. The zero-order valence-electron chi connectivity index (χ0n) is 7.49. The van der Waals surface area contributed by atoms with Crippen LogP contribution in [-0.4, -0.2) is 51.8 Å². The fraction of sp³-hybridized carbons (Fsp3) is 1.00. The third-order valence-electron chi connectivity index (χ3n) is 2.16. The summed E-state index contributed by atoms with van der Waals surface area (Å²) in [6.07, 6.45) is 0.738. The van der Waals surface area contributed by atoms with Crippen molar-refractivity contribution in [2.24, 2.45) is 0 Å². The Morgan fingerprint density at radius 2 is 2.25 bits per heavy atom. The van der Waals surface area contributed by atoms with Crippen molar-refractivity contribution < 1.29 is 13.2 Å². The maximum absolute atomic E-state index is 11.1. The highest BCUT2D eigenvalue weighted by Crippen LogP contribution is 2.15. The lowest BCUT2D eigenvalue weighted by molar-refractivity contribution is 0.0598. The van der Waals surface area contributed by atoms with Crippen LogP contribution in [0.1, 0.15) is 6.42 Å². The van der Waals surface area contributed by atoms with E-state index in [9.17, 15) is 8.42 Å². The third-order valence-corrected chi connectivity index (χ3v) is 3.91. The Bertz CT molecular complexity index is 237. The van der Waals surface area contributed by atoms with Gasteiger partial charge in [-0.05, 0) is 13.5 Å². The lowest BCUT2D eigenvalue weighted by Gasteiger charge is -2.21. The van der Waals surface area contributed by atoms with Gasteiger partial charge in [0.2, 0.25) is 0 Å². The number of hydrogen-bond donors (Lipinski definition) is 0. The summed E-state index contributed by atoms with van der Waals surface area (Å²) >= 11 is 0. The van der Waals surface area contributed by atoms with Crippen molar-refractivity contribution in [3.63, 3.8) is 0 Å². The second-order valence-electron chi connectivity index (χ2n) is 3.23. The molecule has 1 heterocycles. The minimum atomic E-state index is -2.76. The second kappa shape index (κ2) is 3.72. The number of ether oxygens (including phenoxy) is 1. The first-order chi connectivity index (χ1) is 5.55. The molecule has 72 valence electrons. The van der Waals surface area contributed by atoms with Gasteiger partial charge in [-0.15, -0.1) is 0 Å². The molecule has 0 aromatic carbocycles. The fourth-order valence-corrected chi connectivity index (χ4v) is 3.24. The molecule has 0 aliphatic carbocycles. The van der Waals surface area contributed by atoms with Crippen LogP contribution in [0.4, 0.5) is 0 Å². The van der Waals surface area contributed by atoms with Gasteiger partial charge >= 0.3 is 0 Å². The van der Waals surface area contributed by atoms with E-state index in [1.807, 2.05) is 11.9 Å². The predicted molar refractivity (Wildman–Crippen MR) is 46.7 cm³/mol. The van der Waals surface area contributed by atoms with Crippen LogP contribution < -0.4 is 0 Å². The molecule has 1 aliphatic rings. The standard InChI is InChI=1S/C7H15NO3S/c1-8(6-11-2)7-3-4-12(9,10)5-7/h7H,3-6H2,1-2H3. The molecule has 1 atom stereocenters. The molecule has 12 heavy (non-hydrogen) atoms. The van der Waals surface area contributed by atoms with Crippen molar-refractivity contribution in [2.45, 2.75) is 12.5 Å². The molecule has 0 spiro atoms. The number of rotatable bonds is 3. The van der Waals surface area contributed by atoms with Crippen molar-refractivity contribution in [3.05, 3.63) is 0 Å². The van der Waals surface area contributed by atoms with Crippen molar-refractivity contribution in [3.8, 4) is 0 Å². The van der Waals surface area contributed by atoms with Gasteiger partial charge in [-0.3, -0.25) is 4.90 Å². The fourth-order valence-electron chi connectivity index (χ4n) is 1.43. The van der Waals surface area contributed by atoms with Crippen LogP contribution >= 0.6 is 0 Å². The molecule has 0 saturated carbocycles. The largest absolute Gasteiger partial charge is 0.369 e. The van der Waals surface area contributed by atoms with E-state index in [4.69, 9.17) is 4.74 Å². The van der Waals surface area contributed by atoms with Gasteiger partial charge in [0.1, 0.15) is 0 Å². The number of nitrogens with zero attached hydrogens (tertiary/aromatic N) is 1. The van der Waals surface area contributed by atoms with Gasteiger partial charge in [-0.25, -0.2) is 8.42 Å². The van der Waals surface area contributed by atoms with E-state index in [-0.39, 0.29) is 11.8 Å². The van der Waals surface area contributed by atoms with E-state index in [0.717, 1.165) is 6.42 Å². The van der Waals surface area contributed by atoms with Gasteiger partial charge < -0.3 is 4.74 Å². The number of sulfone groups is 1. The number of hydrogen-bond acceptors (Lipinski definition) is 4. The summed E-state index contributed by atoms with van der Waals surface area (Å²) in [7, 11) is 0.739. The quantitative estimate of drug-likeness (QED) is 0.578. The molecule has 4 nitrogen and oxygen atoms in total. The molecule has 0 amide bonds. The van der Waals surface area contributed by atoms with Gasteiger partial charge in [0.25, 0.3) is 0 Å². The van der Waals surface area contributed by atoms with Crippen LogP contribution in [-0.2, 0) is 14.6 Å². The molecule has 0 bridgehead atoms. The summed E-state index contributed by atoms with van der Waals surface area (Å²) in [5.74, 6) is 0.610. The minimum absolute atomic E-state index is 0.148. The lowest BCUT2D eigenvalue weighted by atomic mass is 10.2. The van der Waals surface area contributed by atoms with E-state index in [0.29, 0.717) is 12.5 Å². The first-order valence-electron chi connectivity index (χ1n) is 3.95. The average molecular weight is 193 g/mol. The maximum atomic E-state index is 11.1. The SMILES string of the molecule is COCN(C)C1CCS(=O)(=O)C1. The molecule has 0 N–H and O–H groups in total. The molecule has 1 unspecified atom stereocenters. The van der Waals surface area contributed by atoms with Crippen molar-refractivity contribution in [2.75, 3.05) is 32.4 Å². The lowest BCUT2D eigenvalue weighted by Crippen LogP contribution is -2.33. The Morgan fingerprint density at radius 3 is 2.67 bits per heavy atom. The Kier molecular flexibility index (Phi) is 3.09. The zero-order chi connectivity index (χ0) is 9.19. The Hall–Kier alpha value is -0.130. The van der Waals surface area contributed by atoms with Gasteiger partial charge in [-0.1, -0.05) is 0 Å². The van der Waals surface area contributed by atoms with Crippen LogP contribution in [0.3, 0.4) is 0 Å². The first-order valence-corrected chi connectivity index (χ1v) is 5.77. The maximum Gasteiger partial charge on any atom is 0.151 e. The molecule has 1 fully saturated rings. The molecular formula is C7H15NO3S. The van der Waals surface area contributed by atoms with Gasteiger partial charge in [0.15, 0.2) is 9.84 Å². The van der Waals surface area contributed by atoms with E-state index >= 15 is 0 Å².